The largest absolute Gasteiger partial charge is 0.343 e. The molecule has 1 heterocycles. The molecule has 12 aromatic carbocycles. The smallest absolute Gasteiger partial charge is 0.0488 e. The zero-order valence-electron chi connectivity index (χ0n) is 32.9. The molecule has 60 heavy (non-hydrogen) atoms. The van der Waals surface area contributed by atoms with Crippen LogP contribution in [0.1, 0.15) is 11.1 Å². The Balaban J connectivity index is 1.19. The molecule has 0 aromatic heterocycles. The number of benzene rings is 10. The lowest BCUT2D eigenvalue weighted by Gasteiger charge is -2.25. The van der Waals surface area contributed by atoms with Gasteiger partial charge in [-0.1, -0.05) is 170 Å². The minimum absolute atomic E-state index is 0.742. The molecule has 1 heteroatoms. The molecule has 0 amide bonds. The average molecular weight is 760 g/mol. The molecule has 278 valence electrons. The lowest BCUT2D eigenvalue weighted by atomic mass is 9.84. The molecule has 0 fully saturated rings. The zero-order chi connectivity index (χ0) is 39.5. The molecule has 0 saturated carbocycles. The van der Waals surface area contributed by atoms with Gasteiger partial charge in [-0.2, -0.15) is 0 Å². The normalized spacial score (nSPS) is 14.3. The van der Waals surface area contributed by atoms with E-state index in [0.717, 1.165) is 23.4 Å². The van der Waals surface area contributed by atoms with Crippen LogP contribution < -0.4 is 4.90 Å². The number of hydrogen-bond donors (Lipinski definition) is 0. The average Bonchev–Trinajstić information content (AvgIpc) is 3.80. The van der Waals surface area contributed by atoms with Crippen molar-refractivity contribution in [2.45, 2.75) is 6.54 Å². The van der Waals surface area contributed by atoms with Gasteiger partial charge in [0.1, 0.15) is 0 Å². The van der Waals surface area contributed by atoms with Crippen molar-refractivity contribution in [2.75, 3.05) is 4.90 Å². The Labute approximate surface area is 347 Å². The Kier molecular flexibility index (Phi) is 7.00. The third kappa shape index (κ3) is 4.63. The summed E-state index contributed by atoms with van der Waals surface area (Å²) in [5.74, 6) is 0. The quantitative estimate of drug-likeness (QED) is 0.162. The van der Waals surface area contributed by atoms with Crippen LogP contribution in [0.4, 0.5) is 5.69 Å². The van der Waals surface area contributed by atoms with E-state index in [1.54, 1.807) is 0 Å². The number of allylic oxidation sites excluding steroid dienone is 4. The molecular formula is C59H37N. The van der Waals surface area contributed by atoms with E-state index >= 15 is 0 Å². The highest BCUT2D eigenvalue weighted by Gasteiger charge is 2.27. The second kappa shape index (κ2) is 12.6. The molecule has 13 rings (SSSR count). The molecule has 0 atom stereocenters. The van der Waals surface area contributed by atoms with Gasteiger partial charge in [-0.25, -0.2) is 0 Å². The second-order valence-corrected chi connectivity index (χ2v) is 16.4. The molecular weight excluding hydrogens is 723 g/mol. The first-order chi connectivity index (χ1) is 29.7. The molecule has 1 nitrogen and oxygen atoms in total. The van der Waals surface area contributed by atoms with Gasteiger partial charge in [-0.3, -0.25) is 0 Å². The molecule has 0 spiro atoms. The van der Waals surface area contributed by atoms with Gasteiger partial charge in [-0.05, 0) is 150 Å². The van der Waals surface area contributed by atoms with Gasteiger partial charge < -0.3 is 4.90 Å². The van der Waals surface area contributed by atoms with Crippen LogP contribution in [0.15, 0.2) is 207 Å². The number of para-hydroxylation sites is 1. The summed E-state index contributed by atoms with van der Waals surface area (Å²) in [6, 6.07) is 65.9. The van der Waals surface area contributed by atoms with Crippen LogP contribution in [0.25, 0.3) is 114 Å². The van der Waals surface area contributed by atoms with Crippen molar-refractivity contribution in [3.8, 4) is 22.3 Å². The summed E-state index contributed by atoms with van der Waals surface area (Å²) in [4.78, 5) is 2.35. The number of anilines is 1. The van der Waals surface area contributed by atoms with Crippen molar-refractivity contribution in [1.82, 2.24) is 0 Å². The summed E-state index contributed by atoms with van der Waals surface area (Å²) in [5, 5.41) is 21.0. The van der Waals surface area contributed by atoms with Crippen LogP contribution in [0.5, 0.6) is 0 Å². The van der Waals surface area contributed by atoms with E-state index in [0.29, 0.717) is 0 Å². The molecule has 1 aliphatic heterocycles. The predicted octanol–water partition coefficient (Wildman–Crippen LogP) is 16.2. The Bertz CT molecular complexity index is 3800. The minimum Gasteiger partial charge on any atom is -0.343 e. The van der Waals surface area contributed by atoms with Gasteiger partial charge >= 0.3 is 0 Å². The van der Waals surface area contributed by atoms with Crippen LogP contribution in [-0.4, -0.2) is 0 Å². The summed E-state index contributed by atoms with van der Waals surface area (Å²) >= 11 is 0. The van der Waals surface area contributed by atoms with E-state index in [4.69, 9.17) is 0 Å². The first-order valence-corrected chi connectivity index (χ1v) is 20.9. The molecule has 1 aliphatic rings. The topological polar surface area (TPSA) is 3.24 Å². The van der Waals surface area contributed by atoms with Crippen LogP contribution >= 0.6 is 0 Å². The van der Waals surface area contributed by atoms with E-state index in [2.05, 4.69) is 212 Å². The summed E-state index contributed by atoms with van der Waals surface area (Å²) < 4.78 is 0. The van der Waals surface area contributed by atoms with E-state index < -0.39 is 0 Å². The van der Waals surface area contributed by atoms with E-state index in [-0.39, 0.29) is 0 Å². The third-order valence-corrected chi connectivity index (χ3v) is 13.2. The fraction of sp³-hybridized carbons (Fsp3) is 0.0169. The zero-order valence-corrected chi connectivity index (χ0v) is 32.9. The molecule has 0 saturated heterocycles. The molecule has 0 N–H and O–H groups in total. The lowest BCUT2D eigenvalue weighted by Crippen LogP contribution is -2.17. The first-order valence-electron chi connectivity index (χ1n) is 20.9. The highest BCUT2D eigenvalue weighted by atomic mass is 15.1. The number of hydrogen-bond acceptors (Lipinski definition) is 1. The van der Waals surface area contributed by atoms with Gasteiger partial charge in [0.25, 0.3) is 0 Å². The van der Waals surface area contributed by atoms with Gasteiger partial charge in [-0.15, -0.1) is 0 Å². The Hall–Kier alpha value is -7.74. The van der Waals surface area contributed by atoms with Crippen molar-refractivity contribution < 1.29 is 0 Å². The number of rotatable bonds is 4. The van der Waals surface area contributed by atoms with Crippen LogP contribution in [-0.2, 0) is 6.54 Å². The van der Waals surface area contributed by atoms with Gasteiger partial charge in [0, 0.05) is 24.0 Å². The maximum absolute atomic E-state index is 4.37. The summed E-state index contributed by atoms with van der Waals surface area (Å²) in [7, 11) is 0. The minimum atomic E-state index is 0.742. The van der Waals surface area contributed by atoms with Gasteiger partial charge in [0.15, 0.2) is 0 Å². The Morgan fingerprint density at radius 1 is 0.383 bits per heavy atom. The van der Waals surface area contributed by atoms with Crippen molar-refractivity contribution in [3.05, 3.63) is 218 Å². The van der Waals surface area contributed by atoms with Gasteiger partial charge in [0.05, 0.1) is 0 Å². The van der Waals surface area contributed by atoms with E-state index in [1.165, 1.54) is 114 Å². The molecule has 12 aromatic rings. The second-order valence-electron chi connectivity index (χ2n) is 16.4. The fourth-order valence-electron chi connectivity index (χ4n) is 10.8. The van der Waals surface area contributed by atoms with E-state index in [1.807, 2.05) is 0 Å². The van der Waals surface area contributed by atoms with Gasteiger partial charge in [0.2, 0.25) is 0 Å². The predicted molar refractivity (Wildman–Crippen MR) is 260 cm³/mol. The third-order valence-electron chi connectivity index (χ3n) is 13.2. The highest BCUT2D eigenvalue weighted by molar-refractivity contribution is 6.46. The number of nitrogens with zero attached hydrogens (tertiary/aromatic N) is 1. The lowest BCUT2D eigenvalue weighted by molar-refractivity contribution is 0.967. The Morgan fingerprint density at radius 2 is 0.983 bits per heavy atom. The van der Waals surface area contributed by atoms with Crippen LogP contribution in [0.3, 0.4) is 0 Å². The van der Waals surface area contributed by atoms with Crippen molar-refractivity contribution >= 4 is 97.4 Å². The molecule has 0 bridgehead atoms. The van der Waals surface area contributed by atoms with Crippen molar-refractivity contribution in [2.24, 2.45) is 0 Å². The van der Waals surface area contributed by atoms with Crippen molar-refractivity contribution in [1.29, 1.82) is 0 Å². The summed E-state index contributed by atoms with van der Waals surface area (Å²) in [6.45, 7) is 5.12. The number of fused-ring (bicyclic) bond motifs is 11. The first kappa shape index (κ1) is 33.3. The molecule has 0 unspecified atom stereocenters. The monoisotopic (exact) mass is 759 g/mol. The maximum Gasteiger partial charge on any atom is 0.0488 e. The highest BCUT2D eigenvalue weighted by Crippen LogP contribution is 2.55. The fourth-order valence-corrected chi connectivity index (χ4v) is 10.8. The van der Waals surface area contributed by atoms with Crippen LogP contribution in [0.2, 0.25) is 0 Å². The standard InChI is InChI=1S/C59H37N/c1-36-16-12-13-31-60(52-28-11-10-21-41(36)52)35-37-29-30-42-40(32-37)33-50-56-45(42)24-14-27-48(56)58-53(38-17-4-2-5-18-38)51-34-49-44-23-9-8-22-43(44)46-25-15-26-47(55(46)49)57(51)54(59(50)58)39-19-6-3-7-20-39/h2-34H,1,35H2/b16-12-,31-13-. The summed E-state index contributed by atoms with van der Waals surface area (Å²) in [5.41, 5.74) is 9.69. The maximum atomic E-state index is 4.37. The summed E-state index contributed by atoms with van der Waals surface area (Å²) in [6.07, 6.45) is 8.48. The van der Waals surface area contributed by atoms with E-state index in [9.17, 15) is 0 Å². The van der Waals surface area contributed by atoms with Crippen LogP contribution in [0, 0.1) is 0 Å². The SMILES string of the molecule is C=C1/C=C\C=C/N(Cc2ccc3c(c2)cc2c4c(-c5ccccc5)c5c(cc6c7ccccc7c7cccc5c76)c(-c5ccccc5)c4c4cccc3c42)c2ccccc21. The molecule has 0 radical (unpaired) electrons. The molecule has 0 aliphatic carbocycles. The Morgan fingerprint density at radius 3 is 1.77 bits per heavy atom. The van der Waals surface area contributed by atoms with Crippen molar-refractivity contribution in [3.63, 3.8) is 0 Å².